The number of halogens is 2. The Morgan fingerprint density at radius 1 is 1.23 bits per heavy atom. The zero-order valence-corrected chi connectivity index (χ0v) is 21.2. The lowest BCUT2D eigenvalue weighted by molar-refractivity contribution is -0.116. The molecule has 0 aliphatic carbocycles. The van der Waals surface area contributed by atoms with Gasteiger partial charge in [0.25, 0.3) is 0 Å². The first-order chi connectivity index (χ1) is 14.6. The van der Waals surface area contributed by atoms with Crippen LogP contribution in [-0.4, -0.2) is 17.5 Å². The zero-order valence-electron chi connectivity index (χ0n) is 18.1. The topological polar surface area (TPSA) is 51.2 Å². The van der Waals surface area contributed by atoms with Gasteiger partial charge in [0.2, 0.25) is 5.91 Å². The van der Waals surface area contributed by atoms with Gasteiger partial charge in [0.15, 0.2) is 5.13 Å². The molecule has 164 valence electrons. The highest BCUT2D eigenvalue weighted by Gasteiger charge is 2.16. The van der Waals surface area contributed by atoms with Gasteiger partial charge in [-0.15, -0.1) is 11.3 Å². The predicted octanol–water partition coefficient (Wildman–Crippen LogP) is 7.63. The van der Waals surface area contributed by atoms with Gasteiger partial charge < -0.3 is 10.1 Å². The van der Waals surface area contributed by atoms with Crippen LogP contribution in [0.3, 0.4) is 0 Å². The van der Waals surface area contributed by atoms with Crippen LogP contribution in [0.5, 0.6) is 5.75 Å². The first kappa shape index (κ1) is 23.8. The molecule has 0 bridgehead atoms. The summed E-state index contributed by atoms with van der Waals surface area (Å²) >= 11 is 11.1. The Balaban J connectivity index is 1.50. The Hall–Kier alpha value is -1.89. The Labute approximate surface area is 201 Å². The number of anilines is 1. The van der Waals surface area contributed by atoms with E-state index in [0.717, 1.165) is 26.4 Å². The fourth-order valence-electron chi connectivity index (χ4n) is 3.03. The molecule has 0 aliphatic rings. The second-order valence-electron chi connectivity index (χ2n) is 8.33. The Morgan fingerprint density at radius 2 is 2.00 bits per heavy atom. The second-order valence-corrected chi connectivity index (χ2v) is 10.8. The van der Waals surface area contributed by atoms with E-state index in [2.05, 4.69) is 59.1 Å². The summed E-state index contributed by atoms with van der Waals surface area (Å²) < 4.78 is 6.77. The molecule has 7 heteroatoms. The Morgan fingerprint density at radius 3 is 2.68 bits per heavy atom. The third-order valence-electron chi connectivity index (χ3n) is 4.74. The first-order valence-corrected chi connectivity index (χ1v) is 12.1. The molecule has 1 amide bonds. The molecule has 3 aromatic rings. The van der Waals surface area contributed by atoms with Crippen molar-refractivity contribution in [2.24, 2.45) is 0 Å². The van der Waals surface area contributed by atoms with Crippen molar-refractivity contribution in [2.75, 3.05) is 11.9 Å². The number of nitrogens with zero attached hydrogens (tertiary/aromatic N) is 1. The Kier molecular flexibility index (Phi) is 7.78. The molecule has 4 nitrogen and oxygen atoms in total. The largest absolute Gasteiger partial charge is 0.492 e. The lowest BCUT2D eigenvalue weighted by atomic mass is 9.87. The normalized spacial score (nSPS) is 11.4. The highest BCUT2D eigenvalue weighted by Crippen LogP contribution is 2.33. The number of carbonyl (C=O) groups excluding carboxylic acids is 1. The van der Waals surface area contributed by atoms with Gasteiger partial charge in [-0.05, 0) is 64.5 Å². The summed E-state index contributed by atoms with van der Waals surface area (Å²) in [6, 6.07) is 13.7. The van der Waals surface area contributed by atoms with Crippen molar-refractivity contribution in [1.29, 1.82) is 0 Å². The van der Waals surface area contributed by atoms with E-state index >= 15 is 0 Å². The summed E-state index contributed by atoms with van der Waals surface area (Å²) in [5, 5.41) is 4.15. The van der Waals surface area contributed by atoms with Crippen LogP contribution in [0.2, 0.25) is 5.02 Å². The first-order valence-electron chi connectivity index (χ1n) is 10.1. The molecule has 31 heavy (non-hydrogen) atoms. The summed E-state index contributed by atoms with van der Waals surface area (Å²) in [5.74, 6) is 0.715. The number of ether oxygens (including phenoxy) is 1. The van der Waals surface area contributed by atoms with E-state index in [1.54, 1.807) is 0 Å². The number of carbonyl (C=O) groups is 1. The molecule has 0 fully saturated rings. The van der Waals surface area contributed by atoms with Gasteiger partial charge in [-0.2, -0.15) is 0 Å². The number of thiazole rings is 1. The van der Waals surface area contributed by atoms with Gasteiger partial charge in [0, 0.05) is 21.9 Å². The van der Waals surface area contributed by atoms with Gasteiger partial charge in [-0.1, -0.05) is 50.6 Å². The van der Waals surface area contributed by atoms with E-state index in [0.29, 0.717) is 29.6 Å². The molecule has 1 N–H and O–H groups in total. The van der Waals surface area contributed by atoms with Crippen molar-refractivity contribution in [3.05, 3.63) is 62.4 Å². The summed E-state index contributed by atoms with van der Waals surface area (Å²) in [6.45, 7) is 8.98. The van der Waals surface area contributed by atoms with Crippen molar-refractivity contribution >= 4 is 49.9 Å². The van der Waals surface area contributed by atoms with Gasteiger partial charge in [-0.3, -0.25) is 4.79 Å². The Bertz CT molecular complexity index is 1080. The number of amides is 1. The third-order valence-corrected chi connectivity index (χ3v) is 6.49. The van der Waals surface area contributed by atoms with E-state index in [1.807, 2.05) is 37.3 Å². The summed E-state index contributed by atoms with van der Waals surface area (Å²) in [4.78, 5) is 17.9. The molecule has 0 spiro atoms. The maximum absolute atomic E-state index is 12.3. The molecule has 2 aromatic carbocycles. The molecule has 0 aliphatic heterocycles. The van der Waals surface area contributed by atoms with Crippen LogP contribution in [-0.2, 0) is 10.2 Å². The molecule has 0 unspecified atom stereocenters. The summed E-state index contributed by atoms with van der Waals surface area (Å²) in [7, 11) is 0. The number of rotatable bonds is 7. The molecule has 0 saturated heterocycles. The third kappa shape index (κ3) is 6.55. The van der Waals surface area contributed by atoms with Gasteiger partial charge in [0.1, 0.15) is 5.75 Å². The van der Waals surface area contributed by atoms with Crippen molar-refractivity contribution in [1.82, 2.24) is 4.98 Å². The van der Waals surface area contributed by atoms with E-state index < -0.39 is 0 Å². The summed E-state index contributed by atoms with van der Waals surface area (Å²) in [6.07, 6.45) is 0.980. The smallest absolute Gasteiger partial charge is 0.226 e. The maximum Gasteiger partial charge on any atom is 0.226 e. The molecule has 0 radical (unpaired) electrons. The lowest BCUT2D eigenvalue weighted by Crippen LogP contribution is -2.13. The van der Waals surface area contributed by atoms with Gasteiger partial charge in [0.05, 0.1) is 16.8 Å². The molecular weight excluding hydrogens is 496 g/mol. The molecule has 0 atom stereocenters. The van der Waals surface area contributed by atoms with Crippen LogP contribution in [0, 0.1) is 6.92 Å². The van der Waals surface area contributed by atoms with Crippen molar-refractivity contribution in [3.8, 4) is 17.0 Å². The molecule has 1 heterocycles. The highest BCUT2D eigenvalue weighted by molar-refractivity contribution is 9.10. The minimum Gasteiger partial charge on any atom is -0.492 e. The monoisotopic (exact) mass is 520 g/mol. The van der Waals surface area contributed by atoms with Crippen LogP contribution in [0.4, 0.5) is 5.13 Å². The van der Waals surface area contributed by atoms with Crippen LogP contribution in [0.1, 0.15) is 44.1 Å². The van der Waals surface area contributed by atoms with E-state index in [4.69, 9.17) is 16.3 Å². The number of nitrogens with one attached hydrogen (secondary N) is 1. The van der Waals surface area contributed by atoms with Crippen LogP contribution < -0.4 is 10.1 Å². The fourth-order valence-corrected chi connectivity index (χ4v) is 4.57. The molecule has 0 saturated carbocycles. The highest BCUT2D eigenvalue weighted by atomic mass is 79.9. The average molecular weight is 522 g/mol. The number of hydrogen-bond acceptors (Lipinski definition) is 4. The molecular formula is C24H26BrClN2O2S. The number of aryl methyl sites for hydroxylation is 1. The predicted molar refractivity (Wildman–Crippen MR) is 133 cm³/mol. The summed E-state index contributed by atoms with van der Waals surface area (Å²) in [5.41, 5.74) is 3.11. The van der Waals surface area contributed by atoms with Crippen molar-refractivity contribution < 1.29 is 9.53 Å². The van der Waals surface area contributed by atoms with Crippen molar-refractivity contribution in [2.45, 2.75) is 46.0 Å². The quantitative estimate of drug-likeness (QED) is 0.325. The SMILES string of the molecule is Cc1sc(NC(=O)CCCOc2ccc(C(C)(C)C)cc2Br)nc1-c1cccc(Cl)c1. The van der Waals surface area contributed by atoms with E-state index in [-0.39, 0.29) is 11.3 Å². The standard InChI is InChI=1S/C24H26BrClN2O2S/c1-15-22(16-7-5-8-18(26)13-16)28-23(31-15)27-21(29)9-6-12-30-20-11-10-17(14-19(20)25)24(2,3)4/h5,7-8,10-11,13-14H,6,9,12H2,1-4H3,(H,27,28,29). The minimum atomic E-state index is -0.0721. The van der Waals surface area contributed by atoms with Crippen molar-refractivity contribution in [3.63, 3.8) is 0 Å². The lowest BCUT2D eigenvalue weighted by Gasteiger charge is -2.20. The average Bonchev–Trinajstić information content (AvgIpc) is 3.05. The van der Waals surface area contributed by atoms with E-state index in [9.17, 15) is 4.79 Å². The number of aromatic nitrogens is 1. The molecule has 1 aromatic heterocycles. The van der Waals surface area contributed by atoms with E-state index in [1.165, 1.54) is 16.9 Å². The minimum absolute atomic E-state index is 0.0721. The zero-order chi connectivity index (χ0) is 22.6. The number of benzene rings is 2. The number of hydrogen-bond donors (Lipinski definition) is 1. The van der Waals surface area contributed by atoms with Gasteiger partial charge in [-0.25, -0.2) is 4.98 Å². The van der Waals surface area contributed by atoms with Crippen LogP contribution in [0.15, 0.2) is 46.9 Å². The maximum atomic E-state index is 12.3. The molecule has 3 rings (SSSR count). The fraction of sp³-hybridized carbons (Fsp3) is 0.333. The second kappa shape index (κ2) is 10.2. The van der Waals surface area contributed by atoms with Gasteiger partial charge >= 0.3 is 0 Å². The van der Waals surface area contributed by atoms with Crippen LogP contribution >= 0.6 is 38.9 Å². The van der Waals surface area contributed by atoms with Crippen LogP contribution in [0.25, 0.3) is 11.3 Å².